The number of hydrogen-bond donors (Lipinski definition) is 0. The number of rotatable bonds is 7. The topological polar surface area (TPSA) is 66.5 Å². The molecule has 26 heavy (non-hydrogen) atoms. The predicted octanol–water partition coefficient (Wildman–Crippen LogP) is 3.41. The van der Waals surface area contributed by atoms with E-state index in [1.807, 2.05) is 30.1 Å². The molecule has 0 amide bonds. The van der Waals surface area contributed by atoms with E-state index in [4.69, 9.17) is 23.7 Å². The Hall–Kier alpha value is -3.09. The van der Waals surface area contributed by atoms with Crippen molar-refractivity contribution in [2.75, 3.05) is 40.4 Å². The number of carbonyl (C=O) groups excluding carboxylic acids is 1. The minimum Gasteiger partial charge on any atom is -0.493 e. The second kappa shape index (κ2) is 8.33. The third-order valence-electron chi connectivity index (χ3n) is 3.82. The molecule has 0 aliphatic carbocycles. The molecule has 0 atom stereocenters. The van der Waals surface area contributed by atoms with E-state index in [1.165, 1.54) is 14.0 Å². The van der Waals surface area contributed by atoms with Crippen molar-refractivity contribution in [1.29, 1.82) is 0 Å². The van der Waals surface area contributed by atoms with Crippen molar-refractivity contribution in [3.63, 3.8) is 0 Å². The van der Waals surface area contributed by atoms with Crippen LogP contribution in [0.15, 0.2) is 30.3 Å². The average molecular weight is 361 g/mol. The molecule has 0 fully saturated rings. The first-order chi connectivity index (χ1) is 12.4. The summed E-state index contributed by atoms with van der Waals surface area (Å²) in [5.41, 5.74) is 1.59. The first-order valence-electron chi connectivity index (χ1n) is 7.85. The van der Waals surface area contributed by atoms with Crippen molar-refractivity contribution >= 4 is 17.3 Å². The molecule has 0 saturated heterocycles. The van der Waals surface area contributed by atoms with Crippen molar-refractivity contribution in [2.24, 2.45) is 0 Å². The summed E-state index contributed by atoms with van der Waals surface area (Å²) >= 11 is 0. The second-order valence-corrected chi connectivity index (χ2v) is 5.37. The van der Waals surface area contributed by atoms with Crippen molar-refractivity contribution in [2.45, 2.75) is 6.92 Å². The minimum atomic E-state index is -0.420. The Morgan fingerprint density at radius 1 is 0.769 bits per heavy atom. The van der Waals surface area contributed by atoms with Gasteiger partial charge in [-0.05, 0) is 12.1 Å². The van der Waals surface area contributed by atoms with Gasteiger partial charge in [0.15, 0.2) is 23.0 Å². The zero-order valence-corrected chi connectivity index (χ0v) is 15.8. The van der Waals surface area contributed by atoms with Crippen molar-refractivity contribution in [1.82, 2.24) is 0 Å². The standard InChI is InChI=1S/C19H23NO6/c1-12(21)26-16-9-13(7-8-15(16)22-3)20(2)14-10-17(23-4)19(25-6)18(11-14)24-5/h7-11H,1-6H3. The van der Waals surface area contributed by atoms with Crippen LogP contribution in [0.4, 0.5) is 11.4 Å². The molecular formula is C19H23NO6. The normalized spacial score (nSPS) is 10.1. The number of nitrogens with zero attached hydrogens (tertiary/aromatic N) is 1. The van der Waals surface area contributed by atoms with Crippen LogP contribution in [0.1, 0.15) is 6.92 Å². The van der Waals surface area contributed by atoms with Crippen LogP contribution in [0.5, 0.6) is 28.7 Å². The fraction of sp³-hybridized carbons (Fsp3) is 0.316. The Bertz CT molecular complexity index is 765. The molecule has 0 aliphatic heterocycles. The zero-order chi connectivity index (χ0) is 19.3. The number of methoxy groups -OCH3 is 4. The third-order valence-corrected chi connectivity index (χ3v) is 3.82. The third kappa shape index (κ3) is 3.93. The molecule has 0 N–H and O–H groups in total. The SMILES string of the molecule is COc1ccc(N(C)c2cc(OC)c(OC)c(OC)c2)cc1OC(C)=O. The molecule has 2 aromatic carbocycles. The van der Waals surface area contributed by atoms with Gasteiger partial charge in [-0.15, -0.1) is 0 Å². The van der Waals surface area contributed by atoms with Gasteiger partial charge < -0.3 is 28.6 Å². The highest BCUT2D eigenvalue weighted by atomic mass is 16.6. The maximum atomic E-state index is 11.3. The molecule has 0 bridgehead atoms. The van der Waals surface area contributed by atoms with Crippen molar-refractivity contribution in [3.05, 3.63) is 30.3 Å². The fourth-order valence-electron chi connectivity index (χ4n) is 2.52. The number of benzene rings is 2. The lowest BCUT2D eigenvalue weighted by Gasteiger charge is -2.23. The van der Waals surface area contributed by atoms with E-state index >= 15 is 0 Å². The molecule has 0 heterocycles. The van der Waals surface area contributed by atoms with Gasteiger partial charge in [0.25, 0.3) is 0 Å². The number of anilines is 2. The Morgan fingerprint density at radius 2 is 1.31 bits per heavy atom. The van der Waals surface area contributed by atoms with Gasteiger partial charge in [0.2, 0.25) is 5.75 Å². The molecular weight excluding hydrogens is 338 g/mol. The van der Waals surface area contributed by atoms with E-state index < -0.39 is 5.97 Å². The van der Waals surface area contributed by atoms with Crippen LogP contribution in [0.3, 0.4) is 0 Å². The minimum absolute atomic E-state index is 0.344. The van der Waals surface area contributed by atoms with Crippen LogP contribution in [0.25, 0.3) is 0 Å². The lowest BCUT2D eigenvalue weighted by Crippen LogP contribution is -2.11. The van der Waals surface area contributed by atoms with Crippen LogP contribution in [0.2, 0.25) is 0 Å². The summed E-state index contributed by atoms with van der Waals surface area (Å²) in [7, 11) is 8.07. The number of ether oxygens (including phenoxy) is 5. The van der Waals surface area contributed by atoms with Gasteiger partial charge in [-0.3, -0.25) is 4.79 Å². The molecule has 0 unspecified atom stereocenters. The largest absolute Gasteiger partial charge is 0.493 e. The van der Waals surface area contributed by atoms with Crippen LogP contribution >= 0.6 is 0 Å². The molecule has 140 valence electrons. The summed E-state index contributed by atoms with van der Waals surface area (Å²) in [5.74, 6) is 2.00. The van der Waals surface area contributed by atoms with Gasteiger partial charge in [0.05, 0.1) is 28.4 Å². The number of esters is 1. The summed E-state index contributed by atoms with van der Waals surface area (Å²) in [6.07, 6.45) is 0. The monoisotopic (exact) mass is 361 g/mol. The second-order valence-electron chi connectivity index (χ2n) is 5.37. The maximum absolute atomic E-state index is 11.3. The highest BCUT2D eigenvalue weighted by Crippen LogP contribution is 2.43. The molecule has 0 radical (unpaired) electrons. The summed E-state index contributed by atoms with van der Waals surface area (Å²) in [5, 5.41) is 0. The molecule has 0 aliphatic rings. The Kier molecular flexibility index (Phi) is 6.16. The van der Waals surface area contributed by atoms with Gasteiger partial charge in [0.1, 0.15) is 0 Å². The lowest BCUT2D eigenvalue weighted by atomic mass is 10.2. The first-order valence-corrected chi connectivity index (χ1v) is 7.85. The summed E-state index contributed by atoms with van der Waals surface area (Å²) in [4.78, 5) is 13.2. The number of hydrogen-bond acceptors (Lipinski definition) is 7. The summed E-state index contributed by atoms with van der Waals surface area (Å²) < 4.78 is 26.6. The summed E-state index contributed by atoms with van der Waals surface area (Å²) in [6.45, 7) is 1.34. The van der Waals surface area contributed by atoms with E-state index in [2.05, 4.69) is 0 Å². The molecule has 7 heteroatoms. The van der Waals surface area contributed by atoms with Crippen molar-refractivity contribution < 1.29 is 28.5 Å². The van der Waals surface area contributed by atoms with E-state index in [-0.39, 0.29) is 0 Å². The fourth-order valence-corrected chi connectivity index (χ4v) is 2.52. The zero-order valence-electron chi connectivity index (χ0n) is 15.8. The van der Waals surface area contributed by atoms with E-state index in [9.17, 15) is 4.79 Å². The van der Waals surface area contributed by atoms with Crippen molar-refractivity contribution in [3.8, 4) is 28.7 Å². The van der Waals surface area contributed by atoms with E-state index in [0.29, 0.717) is 28.7 Å². The molecule has 7 nitrogen and oxygen atoms in total. The van der Waals surface area contributed by atoms with Gasteiger partial charge >= 0.3 is 5.97 Å². The van der Waals surface area contributed by atoms with Gasteiger partial charge in [-0.25, -0.2) is 0 Å². The smallest absolute Gasteiger partial charge is 0.308 e. The first kappa shape index (κ1) is 19.2. The number of carbonyl (C=O) groups is 1. The van der Waals surface area contributed by atoms with Crippen LogP contribution < -0.4 is 28.6 Å². The van der Waals surface area contributed by atoms with Crippen LogP contribution in [-0.2, 0) is 4.79 Å². The lowest BCUT2D eigenvalue weighted by molar-refractivity contribution is -0.132. The highest BCUT2D eigenvalue weighted by Gasteiger charge is 2.17. The van der Waals surface area contributed by atoms with Gasteiger partial charge in [-0.1, -0.05) is 0 Å². The molecule has 2 rings (SSSR count). The molecule has 0 saturated carbocycles. The van der Waals surface area contributed by atoms with Gasteiger partial charge in [-0.2, -0.15) is 0 Å². The predicted molar refractivity (Wildman–Crippen MR) is 98.5 cm³/mol. The highest BCUT2D eigenvalue weighted by molar-refractivity contribution is 5.74. The average Bonchev–Trinajstić information content (AvgIpc) is 2.65. The van der Waals surface area contributed by atoms with E-state index in [0.717, 1.165) is 11.4 Å². The summed E-state index contributed by atoms with van der Waals surface area (Å²) in [6, 6.07) is 8.98. The Labute approximate surface area is 153 Å². The maximum Gasteiger partial charge on any atom is 0.308 e. The molecule has 2 aromatic rings. The Balaban J connectivity index is 2.48. The van der Waals surface area contributed by atoms with Crippen LogP contribution in [-0.4, -0.2) is 41.5 Å². The molecule has 0 aromatic heterocycles. The Morgan fingerprint density at radius 3 is 1.77 bits per heavy atom. The van der Waals surface area contributed by atoms with E-state index in [1.54, 1.807) is 33.5 Å². The molecule has 0 spiro atoms. The van der Waals surface area contributed by atoms with Gasteiger partial charge in [0, 0.05) is 43.5 Å². The van der Waals surface area contributed by atoms with Crippen LogP contribution in [0, 0.1) is 0 Å². The quantitative estimate of drug-likeness (QED) is 0.553.